The Labute approximate surface area is 109 Å². The third kappa shape index (κ3) is 2.30. The molecule has 0 amide bonds. The summed E-state index contributed by atoms with van der Waals surface area (Å²) in [4.78, 5) is 4.20. The Hall–Kier alpha value is -2.70. The summed E-state index contributed by atoms with van der Waals surface area (Å²) in [7, 11) is 0. The molecule has 0 N–H and O–H groups in total. The molecule has 0 unspecified atom stereocenters. The quantitative estimate of drug-likeness (QED) is 0.702. The minimum atomic E-state index is 0.527. The summed E-state index contributed by atoms with van der Waals surface area (Å²) in [6.45, 7) is 2.61. The summed E-state index contributed by atoms with van der Waals surface area (Å²) in [6, 6.07) is 7.66. The Morgan fingerprint density at radius 3 is 2.47 bits per heavy atom. The lowest BCUT2D eigenvalue weighted by Gasteiger charge is -2.04. The molecule has 7 heteroatoms. The molecule has 0 saturated carbocycles. The van der Waals surface area contributed by atoms with Crippen molar-refractivity contribution in [3.63, 3.8) is 0 Å². The molecule has 0 aliphatic carbocycles. The van der Waals surface area contributed by atoms with E-state index in [1.54, 1.807) is 28.2 Å². The molecule has 1 aromatic carbocycles. The molecular formula is C12H12N6O. The minimum absolute atomic E-state index is 0.527. The molecule has 2 aromatic heterocycles. The van der Waals surface area contributed by atoms with Crippen molar-refractivity contribution in [3.05, 3.63) is 43.2 Å². The number of nitrogens with zero attached hydrogens (tertiary/aromatic N) is 6. The van der Waals surface area contributed by atoms with E-state index in [1.165, 1.54) is 0 Å². The lowest BCUT2D eigenvalue weighted by atomic mass is 10.3. The van der Waals surface area contributed by atoms with Crippen LogP contribution in [0.4, 0.5) is 0 Å². The van der Waals surface area contributed by atoms with E-state index in [1.807, 2.05) is 31.2 Å². The van der Waals surface area contributed by atoms with Crippen LogP contribution in [0, 0.1) is 0 Å². The summed E-state index contributed by atoms with van der Waals surface area (Å²) < 4.78 is 8.72. The van der Waals surface area contributed by atoms with Crippen LogP contribution in [0.2, 0.25) is 0 Å². The van der Waals surface area contributed by atoms with Gasteiger partial charge in [-0.3, -0.25) is 4.57 Å². The Kier molecular flexibility index (Phi) is 2.93. The second kappa shape index (κ2) is 4.89. The average Bonchev–Trinajstić information content (AvgIpc) is 3.11. The number of hydrogen-bond donors (Lipinski definition) is 0. The topological polar surface area (TPSA) is 70.7 Å². The van der Waals surface area contributed by atoms with Crippen LogP contribution in [-0.4, -0.2) is 36.1 Å². The molecule has 96 valence electrons. The first kappa shape index (κ1) is 11.4. The lowest BCUT2D eigenvalue weighted by molar-refractivity contribution is 0.340. The molecule has 7 nitrogen and oxygen atoms in total. The SMILES string of the molecule is CCOc1ccc(-n2cnc(-n3cnnc3)n2)cc1. The van der Waals surface area contributed by atoms with Crippen LogP contribution in [0.5, 0.6) is 5.75 Å². The summed E-state index contributed by atoms with van der Waals surface area (Å²) in [5, 5.41) is 11.8. The number of benzene rings is 1. The highest BCUT2D eigenvalue weighted by Gasteiger charge is 2.04. The van der Waals surface area contributed by atoms with E-state index in [0.717, 1.165) is 11.4 Å². The molecule has 2 heterocycles. The van der Waals surface area contributed by atoms with Gasteiger partial charge in [-0.1, -0.05) is 0 Å². The van der Waals surface area contributed by atoms with Crippen molar-refractivity contribution in [3.8, 4) is 17.4 Å². The first-order valence-corrected chi connectivity index (χ1v) is 5.86. The third-order valence-electron chi connectivity index (χ3n) is 2.54. The second-order valence-electron chi connectivity index (χ2n) is 3.79. The zero-order valence-electron chi connectivity index (χ0n) is 10.3. The average molecular weight is 256 g/mol. The van der Waals surface area contributed by atoms with Crippen molar-refractivity contribution in [2.24, 2.45) is 0 Å². The van der Waals surface area contributed by atoms with Crippen LogP contribution < -0.4 is 4.74 Å². The van der Waals surface area contributed by atoms with Crippen LogP contribution in [0.25, 0.3) is 11.6 Å². The van der Waals surface area contributed by atoms with Gasteiger partial charge in [0.15, 0.2) is 0 Å². The highest BCUT2D eigenvalue weighted by Crippen LogP contribution is 2.14. The van der Waals surface area contributed by atoms with Crippen molar-refractivity contribution in [2.75, 3.05) is 6.61 Å². The minimum Gasteiger partial charge on any atom is -0.494 e. The standard InChI is InChI=1S/C12H12N6O/c1-2-19-11-5-3-10(4-6-11)18-7-13-12(16-18)17-8-14-15-9-17/h3-9H,2H2,1H3. The molecule has 0 spiro atoms. The van der Waals surface area contributed by atoms with Crippen molar-refractivity contribution >= 4 is 0 Å². The molecule has 0 fully saturated rings. The fourth-order valence-electron chi connectivity index (χ4n) is 1.66. The fraction of sp³-hybridized carbons (Fsp3) is 0.167. The van der Waals surface area contributed by atoms with Gasteiger partial charge in [-0.05, 0) is 31.2 Å². The van der Waals surface area contributed by atoms with Gasteiger partial charge >= 0.3 is 0 Å². The molecule has 0 bridgehead atoms. The van der Waals surface area contributed by atoms with E-state index < -0.39 is 0 Å². The van der Waals surface area contributed by atoms with Crippen molar-refractivity contribution in [2.45, 2.75) is 6.92 Å². The highest BCUT2D eigenvalue weighted by molar-refractivity contribution is 5.36. The molecule has 0 aliphatic heterocycles. The third-order valence-corrected chi connectivity index (χ3v) is 2.54. The molecule has 3 rings (SSSR count). The Morgan fingerprint density at radius 2 is 1.79 bits per heavy atom. The van der Waals surface area contributed by atoms with Crippen LogP contribution in [0.1, 0.15) is 6.92 Å². The van der Waals surface area contributed by atoms with Gasteiger partial charge in [0, 0.05) is 0 Å². The molecular weight excluding hydrogens is 244 g/mol. The van der Waals surface area contributed by atoms with Gasteiger partial charge in [0.05, 0.1) is 12.3 Å². The van der Waals surface area contributed by atoms with Gasteiger partial charge in [-0.15, -0.1) is 15.3 Å². The normalized spacial score (nSPS) is 10.6. The first-order chi connectivity index (χ1) is 9.36. The van der Waals surface area contributed by atoms with Crippen molar-refractivity contribution < 1.29 is 4.74 Å². The van der Waals surface area contributed by atoms with Gasteiger partial charge in [-0.25, -0.2) is 4.68 Å². The van der Waals surface area contributed by atoms with Gasteiger partial charge in [0.1, 0.15) is 24.7 Å². The molecule has 0 saturated heterocycles. The Balaban J connectivity index is 1.86. The Bertz CT molecular complexity index is 643. The first-order valence-electron chi connectivity index (χ1n) is 5.86. The maximum Gasteiger partial charge on any atom is 0.255 e. The molecule has 3 aromatic rings. The molecule has 0 aliphatic rings. The van der Waals surface area contributed by atoms with Crippen LogP contribution >= 0.6 is 0 Å². The van der Waals surface area contributed by atoms with E-state index >= 15 is 0 Å². The number of ether oxygens (including phenoxy) is 1. The lowest BCUT2D eigenvalue weighted by Crippen LogP contribution is -1.98. The van der Waals surface area contributed by atoms with Crippen molar-refractivity contribution in [1.82, 2.24) is 29.5 Å². The fourth-order valence-corrected chi connectivity index (χ4v) is 1.66. The highest BCUT2D eigenvalue weighted by atomic mass is 16.5. The summed E-state index contributed by atoms with van der Waals surface area (Å²) in [5.41, 5.74) is 0.912. The van der Waals surface area contributed by atoms with Crippen molar-refractivity contribution in [1.29, 1.82) is 0 Å². The molecule has 19 heavy (non-hydrogen) atoms. The van der Waals surface area contributed by atoms with Crippen LogP contribution in [0.3, 0.4) is 0 Å². The van der Waals surface area contributed by atoms with E-state index in [0.29, 0.717) is 12.6 Å². The van der Waals surface area contributed by atoms with Crippen LogP contribution in [0.15, 0.2) is 43.2 Å². The predicted molar refractivity (Wildman–Crippen MR) is 67.4 cm³/mol. The maximum atomic E-state index is 5.39. The predicted octanol–water partition coefficient (Wildman–Crippen LogP) is 1.25. The molecule has 0 atom stereocenters. The number of rotatable bonds is 4. The van der Waals surface area contributed by atoms with Gasteiger partial charge in [0.2, 0.25) is 0 Å². The zero-order valence-corrected chi connectivity index (χ0v) is 10.3. The van der Waals surface area contributed by atoms with E-state index in [9.17, 15) is 0 Å². The maximum absolute atomic E-state index is 5.39. The summed E-state index contributed by atoms with van der Waals surface area (Å²) in [5.74, 6) is 1.37. The number of hydrogen-bond acceptors (Lipinski definition) is 5. The van der Waals surface area contributed by atoms with Gasteiger partial charge < -0.3 is 4.74 Å². The zero-order chi connectivity index (χ0) is 13.1. The Morgan fingerprint density at radius 1 is 1.05 bits per heavy atom. The summed E-state index contributed by atoms with van der Waals surface area (Å²) in [6.07, 6.45) is 4.75. The van der Waals surface area contributed by atoms with Crippen LogP contribution in [-0.2, 0) is 0 Å². The van der Waals surface area contributed by atoms with E-state index in [2.05, 4.69) is 20.3 Å². The largest absolute Gasteiger partial charge is 0.494 e. The number of aromatic nitrogens is 6. The van der Waals surface area contributed by atoms with Gasteiger partial charge in [-0.2, -0.15) is 4.98 Å². The smallest absolute Gasteiger partial charge is 0.255 e. The van der Waals surface area contributed by atoms with E-state index in [4.69, 9.17) is 4.74 Å². The monoisotopic (exact) mass is 256 g/mol. The van der Waals surface area contributed by atoms with Gasteiger partial charge in [0.25, 0.3) is 5.95 Å². The second-order valence-corrected chi connectivity index (χ2v) is 3.79. The molecule has 0 radical (unpaired) electrons. The summed E-state index contributed by atoms with van der Waals surface area (Å²) >= 11 is 0. The van der Waals surface area contributed by atoms with E-state index in [-0.39, 0.29) is 0 Å².